The molecule has 2 amide bonds. The van der Waals surface area contributed by atoms with Gasteiger partial charge in [-0.05, 0) is 49.4 Å². The van der Waals surface area contributed by atoms with Crippen molar-refractivity contribution in [2.24, 2.45) is 0 Å². The summed E-state index contributed by atoms with van der Waals surface area (Å²) in [5, 5.41) is 11.5. The smallest absolute Gasteiger partial charge is 0.338 e. The minimum atomic E-state index is -1.13. The first-order valence-electron chi connectivity index (χ1n) is 8.49. The van der Waals surface area contributed by atoms with Crippen molar-refractivity contribution in [3.05, 3.63) is 70.4 Å². The van der Waals surface area contributed by atoms with Crippen molar-refractivity contribution in [2.45, 2.75) is 6.92 Å². The molecule has 1 aliphatic heterocycles. The molecule has 0 aliphatic carbocycles. The molecule has 0 spiro atoms. The van der Waals surface area contributed by atoms with Crippen LogP contribution in [0.5, 0.6) is 0 Å². The largest absolute Gasteiger partial charge is 0.478 e. The van der Waals surface area contributed by atoms with E-state index in [4.69, 9.17) is 21.4 Å². The topological polar surface area (TPSA) is 113 Å². The molecule has 9 heteroatoms. The van der Waals surface area contributed by atoms with Crippen LogP contribution in [-0.4, -0.2) is 35.5 Å². The third kappa shape index (κ3) is 3.97. The second kappa shape index (κ2) is 8.15. The summed E-state index contributed by atoms with van der Waals surface area (Å²) in [5.74, 6) is -3.09. The lowest BCUT2D eigenvalue weighted by atomic mass is 10.2. The summed E-state index contributed by atoms with van der Waals surface area (Å²) >= 11 is 6.06. The molecule has 0 radical (unpaired) electrons. The molecule has 0 atom stereocenters. The minimum Gasteiger partial charge on any atom is -0.478 e. The van der Waals surface area contributed by atoms with Crippen LogP contribution in [0.25, 0.3) is 0 Å². The number of aromatic carboxylic acids is 1. The van der Waals surface area contributed by atoms with Crippen LogP contribution in [0.2, 0.25) is 0 Å². The molecule has 1 heterocycles. The zero-order chi connectivity index (χ0) is 21.1. The predicted molar refractivity (Wildman–Crippen MR) is 105 cm³/mol. The summed E-state index contributed by atoms with van der Waals surface area (Å²) in [6.07, 6.45) is 0. The van der Waals surface area contributed by atoms with Crippen LogP contribution in [-0.2, 0) is 14.3 Å². The zero-order valence-electron chi connectivity index (χ0n) is 15.1. The van der Waals surface area contributed by atoms with E-state index in [9.17, 15) is 19.2 Å². The van der Waals surface area contributed by atoms with Crippen molar-refractivity contribution < 1.29 is 29.0 Å². The molecule has 0 aromatic heterocycles. The maximum atomic E-state index is 12.8. The minimum absolute atomic E-state index is 0.00917. The lowest BCUT2D eigenvalue weighted by molar-refractivity contribution is -0.120. The van der Waals surface area contributed by atoms with E-state index in [0.29, 0.717) is 5.69 Å². The number of benzene rings is 2. The number of amides is 2. The molecule has 1 aliphatic rings. The van der Waals surface area contributed by atoms with Gasteiger partial charge in [-0.25, -0.2) is 14.5 Å². The SMILES string of the molecule is CCOC(=O)c1ccc(N2C(=O)C(Cl)=C(Nc3cccc(C(=O)O)c3)C2=O)cc1. The molecule has 0 bridgehead atoms. The predicted octanol–water partition coefficient (Wildman–Crippen LogP) is 3.00. The summed E-state index contributed by atoms with van der Waals surface area (Å²) in [4.78, 5) is 49.0. The first kappa shape index (κ1) is 20.1. The molecule has 148 valence electrons. The number of esters is 1. The number of ether oxygens (including phenoxy) is 1. The first-order valence-corrected chi connectivity index (χ1v) is 8.87. The van der Waals surface area contributed by atoms with Gasteiger partial charge in [0.15, 0.2) is 0 Å². The average Bonchev–Trinajstić information content (AvgIpc) is 2.92. The Morgan fingerprint density at radius 3 is 2.38 bits per heavy atom. The third-order valence-electron chi connectivity index (χ3n) is 4.04. The number of halogens is 1. The summed E-state index contributed by atoms with van der Waals surface area (Å²) in [6.45, 7) is 1.91. The highest BCUT2D eigenvalue weighted by Crippen LogP contribution is 2.30. The second-order valence-corrected chi connectivity index (χ2v) is 6.29. The summed E-state index contributed by atoms with van der Waals surface area (Å²) in [7, 11) is 0. The normalized spacial score (nSPS) is 13.7. The molecule has 3 rings (SSSR count). The standard InChI is InChI=1S/C20H15ClN2O6/c1-2-29-20(28)11-6-8-14(9-7-11)23-17(24)15(21)16(18(23)25)22-13-5-3-4-12(10-13)19(26)27/h3-10,22H,2H2,1H3,(H,26,27). The lowest BCUT2D eigenvalue weighted by Gasteiger charge is -2.15. The van der Waals surface area contributed by atoms with E-state index >= 15 is 0 Å². The van der Waals surface area contributed by atoms with Gasteiger partial charge in [0.25, 0.3) is 11.8 Å². The Bertz CT molecular complexity index is 1050. The van der Waals surface area contributed by atoms with Crippen molar-refractivity contribution in [1.29, 1.82) is 0 Å². The molecule has 2 aromatic rings. The van der Waals surface area contributed by atoms with E-state index in [-0.39, 0.29) is 34.2 Å². The lowest BCUT2D eigenvalue weighted by Crippen LogP contribution is -2.32. The maximum Gasteiger partial charge on any atom is 0.338 e. The van der Waals surface area contributed by atoms with Gasteiger partial charge in [0.05, 0.1) is 23.4 Å². The van der Waals surface area contributed by atoms with E-state index in [1.807, 2.05) is 0 Å². The Morgan fingerprint density at radius 1 is 1.07 bits per heavy atom. The Labute approximate surface area is 170 Å². The van der Waals surface area contributed by atoms with Gasteiger partial charge in [-0.1, -0.05) is 17.7 Å². The van der Waals surface area contributed by atoms with Crippen LogP contribution in [0.1, 0.15) is 27.6 Å². The van der Waals surface area contributed by atoms with Crippen LogP contribution in [0.4, 0.5) is 11.4 Å². The number of rotatable bonds is 6. The van der Waals surface area contributed by atoms with Gasteiger partial charge in [0, 0.05) is 5.69 Å². The number of imide groups is 1. The number of carbonyl (C=O) groups excluding carboxylic acids is 3. The third-order valence-corrected chi connectivity index (χ3v) is 4.39. The van der Waals surface area contributed by atoms with Gasteiger partial charge in [-0.3, -0.25) is 9.59 Å². The first-order chi connectivity index (χ1) is 13.8. The molecule has 2 N–H and O–H groups in total. The van der Waals surface area contributed by atoms with Crippen LogP contribution in [0.3, 0.4) is 0 Å². The fourth-order valence-electron chi connectivity index (χ4n) is 2.68. The number of nitrogens with one attached hydrogen (secondary N) is 1. The molecule has 8 nitrogen and oxygen atoms in total. The summed E-state index contributed by atoms with van der Waals surface area (Å²) < 4.78 is 4.89. The Morgan fingerprint density at radius 2 is 1.76 bits per heavy atom. The Hall–Kier alpha value is -3.65. The van der Waals surface area contributed by atoms with Crippen molar-refractivity contribution >= 4 is 46.7 Å². The van der Waals surface area contributed by atoms with Crippen molar-refractivity contribution in [1.82, 2.24) is 0 Å². The van der Waals surface area contributed by atoms with Gasteiger partial charge >= 0.3 is 11.9 Å². The van der Waals surface area contributed by atoms with E-state index < -0.39 is 23.8 Å². The van der Waals surface area contributed by atoms with Gasteiger partial charge in [0.2, 0.25) is 0 Å². The number of carboxylic acids is 1. The van der Waals surface area contributed by atoms with Crippen LogP contribution in [0, 0.1) is 0 Å². The molecular weight excluding hydrogens is 400 g/mol. The second-order valence-electron chi connectivity index (χ2n) is 5.91. The van der Waals surface area contributed by atoms with E-state index in [2.05, 4.69) is 5.32 Å². The maximum absolute atomic E-state index is 12.8. The molecule has 0 saturated heterocycles. The quantitative estimate of drug-likeness (QED) is 0.551. The van der Waals surface area contributed by atoms with Crippen molar-refractivity contribution in [2.75, 3.05) is 16.8 Å². The number of hydrogen-bond acceptors (Lipinski definition) is 6. The van der Waals surface area contributed by atoms with Gasteiger partial charge in [0.1, 0.15) is 10.7 Å². The highest BCUT2D eigenvalue weighted by molar-refractivity contribution is 6.53. The monoisotopic (exact) mass is 414 g/mol. The fraction of sp³-hybridized carbons (Fsp3) is 0.100. The number of carbonyl (C=O) groups is 4. The average molecular weight is 415 g/mol. The summed E-state index contributed by atoms with van der Waals surface area (Å²) in [5.41, 5.74) is 0.627. The van der Waals surface area contributed by atoms with E-state index in [1.165, 1.54) is 48.5 Å². The highest BCUT2D eigenvalue weighted by atomic mass is 35.5. The molecular formula is C20H15ClN2O6. The highest BCUT2D eigenvalue weighted by Gasteiger charge is 2.39. The van der Waals surface area contributed by atoms with Crippen molar-refractivity contribution in [3.63, 3.8) is 0 Å². The Kier molecular flexibility index (Phi) is 5.65. The van der Waals surface area contributed by atoms with Crippen LogP contribution >= 0.6 is 11.6 Å². The summed E-state index contributed by atoms with van der Waals surface area (Å²) in [6, 6.07) is 11.5. The van der Waals surface area contributed by atoms with Crippen molar-refractivity contribution in [3.8, 4) is 0 Å². The van der Waals surface area contributed by atoms with Crippen LogP contribution in [0.15, 0.2) is 59.3 Å². The van der Waals surface area contributed by atoms with E-state index in [0.717, 1.165) is 4.90 Å². The zero-order valence-corrected chi connectivity index (χ0v) is 15.9. The van der Waals surface area contributed by atoms with Gasteiger partial charge in [-0.15, -0.1) is 0 Å². The van der Waals surface area contributed by atoms with E-state index in [1.54, 1.807) is 6.92 Å². The fourth-order valence-corrected chi connectivity index (χ4v) is 2.89. The molecule has 0 unspecified atom stereocenters. The number of carboxylic acid groups (broad SMARTS) is 1. The molecule has 0 saturated carbocycles. The Balaban J connectivity index is 1.84. The molecule has 2 aromatic carbocycles. The molecule has 0 fully saturated rings. The number of anilines is 2. The van der Waals surface area contributed by atoms with Gasteiger partial charge in [-0.2, -0.15) is 0 Å². The molecule has 29 heavy (non-hydrogen) atoms. The number of hydrogen-bond donors (Lipinski definition) is 2. The van der Waals surface area contributed by atoms with Gasteiger partial charge < -0.3 is 15.2 Å². The van der Waals surface area contributed by atoms with Crippen LogP contribution < -0.4 is 10.2 Å². The number of nitrogens with zero attached hydrogens (tertiary/aromatic N) is 1.